The number of benzene rings is 1. The lowest BCUT2D eigenvalue weighted by atomic mass is 9.95. The highest BCUT2D eigenvalue weighted by Crippen LogP contribution is 2.35. The zero-order valence-electron chi connectivity index (χ0n) is 14.7. The van der Waals surface area contributed by atoms with Crippen molar-refractivity contribution in [3.8, 4) is 5.75 Å². The first-order chi connectivity index (χ1) is 11.6. The van der Waals surface area contributed by atoms with Gasteiger partial charge in [-0.25, -0.2) is 4.68 Å². The SMILES string of the molecule is Cc1cc(C)c2c(c1)C(NCC1CNc3cc(C)nn3C1)CCO2. The summed E-state index contributed by atoms with van der Waals surface area (Å²) in [7, 11) is 0. The maximum Gasteiger partial charge on any atom is 0.126 e. The maximum atomic E-state index is 5.91. The molecule has 2 N–H and O–H groups in total. The fraction of sp³-hybridized carbons (Fsp3) is 0.526. The number of hydrogen-bond acceptors (Lipinski definition) is 4. The summed E-state index contributed by atoms with van der Waals surface area (Å²) in [6.45, 7) is 10.1. The Kier molecular flexibility index (Phi) is 3.96. The third-order valence-corrected chi connectivity index (χ3v) is 5.03. The molecule has 128 valence electrons. The topological polar surface area (TPSA) is 51.1 Å². The minimum atomic E-state index is 0.383. The van der Waals surface area contributed by atoms with Crippen molar-refractivity contribution in [2.24, 2.45) is 5.92 Å². The summed E-state index contributed by atoms with van der Waals surface area (Å²) in [5.74, 6) is 2.77. The molecule has 2 aromatic rings. The molecule has 24 heavy (non-hydrogen) atoms. The molecular formula is C19H26N4O. The largest absolute Gasteiger partial charge is 0.493 e. The van der Waals surface area contributed by atoms with Crippen LogP contribution >= 0.6 is 0 Å². The van der Waals surface area contributed by atoms with E-state index in [-0.39, 0.29) is 0 Å². The van der Waals surface area contributed by atoms with Gasteiger partial charge in [-0.1, -0.05) is 17.7 Å². The lowest BCUT2D eigenvalue weighted by Crippen LogP contribution is -2.38. The Hall–Kier alpha value is -2.01. The lowest BCUT2D eigenvalue weighted by Gasteiger charge is -2.31. The van der Waals surface area contributed by atoms with E-state index in [1.54, 1.807) is 0 Å². The molecule has 0 amide bonds. The molecule has 5 nitrogen and oxygen atoms in total. The third-order valence-electron chi connectivity index (χ3n) is 5.03. The fourth-order valence-electron chi connectivity index (χ4n) is 3.92. The molecule has 0 fully saturated rings. The first-order valence-corrected chi connectivity index (χ1v) is 8.86. The predicted octanol–water partition coefficient (Wildman–Crippen LogP) is 2.96. The summed E-state index contributed by atoms with van der Waals surface area (Å²) >= 11 is 0. The van der Waals surface area contributed by atoms with Gasteiger partial charge in [-0.05, 0) is 26.3 Å². The Balaban J connectivity index is 1.44. The first-order valence-electron chi connectivity index (χ1n) is 8.86. The van der Waals surface area contributed by atoms with Gasteiger partial charge in [0.05, 0.1) is 12.3 Å². The Labute approximate surface area is 143 Å². The summed E-state index contributed by atoms with van der Waals surface area (Å²) < 4.78 is 8.01. The molecule has 2 aliphatic rings. The van der Waals surface area contributed by atoms with Crippen molar-refractivity contribution in [2.45, 2.75) is 39.8 Å². The van der Waals surface area contributed by atoms with Crippen molar-refractivity contribution >= 4 is 5.82 Å². The van der Waals surface area contributed by atoms with Crippen LogP contribution in [-0.2, 0) is 6.54 Å². The Bertz CT molecular complexity index is 752. The molecule has 1 aromatic carbocycles. The van der Waals surface area contributed by atoms with E-state index in [1.807, 2.05) is 6.92 Å². The predicted molar refractivity (Wildman–Crippen MR) is 95.7 cm³/mol. The first kappa shape index (κ1) is 15.5. The Morgan fingerprint density at radius 2 is 2.17 bits per heavy atom. The van der Waals surface area contributed by atoms with Gasteiger partial charge < -0.3 is 15.4 Å². The normalized spacial score (nSPS) is 22.3. The van der Waals surface area contributed by atoms with Crippen LogP contribution in [0.5, 0.6) is 5.75 Å². The van der Waals surface area contributed by atoms with E-state index in [4.69, 9.17) is 4.74 Å². The molecule has 0 radical (unpaired) electrons. The zero-order chi connectivity index (χ0) is 16.7. The maximum absolute atomic E-state index is 5.91. The van der Waals surface area contributed by atoms with Crippen LogP contribution in [0.4, 0.5) is 5.82 Å². The number of anilines is 1. The van der Waals surface area contributed by atoms with E-state index in [9.17, 15) is 0 Å². The fourth-order valence-corrected chi connectivity index (χ4v) is 3.92. The molecule has 4 rings (SSSR count). The number of nitrogens with zero attached hydrogens (tertiary/aromatic N) is 2. The van der Waals surface area contributed by atoms with E-state index >= 15 is 0 Å². The standard InChI is InChI=1S/C19H26N4O/c1-12-6-13(2)19-16(7-12)17(4-5-24-19)20-9-15-10-21-18-8-14(3)22-23(18)11-15/h6-8,15,17,20-21H,4-5,9-11H2,1-3H3. The second-order valence-corrected chi connectivity index (χ2v) is 7.20. The van der Waals surface area contributed by atoms with Crippen LogP contribution < -0.4 is 15.4 Å². The van der Waals surface area contributed by atoms with Crippen LogP contribution in [0.3, 0.4) is 0 Å². The highest BCUT2D eigenvalue weighted by molar-refractivity contribution is 5.46. The van der Waals surface area contributed by atoms with Gasteiger partial charge in [0, 0.05) is 49.6 Å². The van der Waals surface area contributed by atoms with Crippen molar-refractivity contribution in [3.63, 3.8) is 0 Å². The van der Waals surface area contributed by atoms with Crippen LogP contribution in [0.1, 0.15) is 34.8 Å². The van der Waals surface area contributed by atoms with Gasteiger partial charge >= 0.3 is 0 Å². The number of ether oxygens (including phenoxy) is 1. The van der Waals surface area contributed by atoms with Gasteiger partial charge in [0.1, 0.15) is 11.6 Å². The Morgan fingerprint density at radius 3 is 3.04 bits per heavy atom. The number of hydrogen-bond donors (Lipinski definition) is 2. The van der Waals surface area contributed by atoms with E-state index in [0.717, 1.165) is 49.9 Å². The summed E-state index contributed by atoms with van der Waals surface area (Å²) in [5.41, 5.74) is 4.94. The number of fused-ring (bicyclic) bond motifs is 2. The van der Waals surface area contributed by atoms with Crippen molar-refractivity contribution in [1.82, 2.24) is 15.1 Å². The van der Waals surface area contributed by atoms with Gasteiger partial charge in [0.25, 0.3) is 0 Å². The van der Waals surface area contributed by atoms with Crippen LogP contribution in [-0.4, -0.2) is 29.5 Å². The van der Waals surface area contributed by atoms with Crippen molar-refractivity contribution in [2.75, 3.05) is 25.0 Å². The number of rotatable bonds is 3. The molecule has 2 atom stereocenters. The van der Waals surface area contributed by atoms with Gasteiger partial charge in [-0.2, -0.15) is 5.10 Å². The molecule has 0 spiro atoms. The molecule has 5 heteroatoms. The van der Waals surface area contributed by atoms with E-state index in [0.29, 0.717) is 12.0 Å². The molecule has 1 aromatic heterocycles. The second kappa shape index (κ2) is 6.13. The van der Waals surface area contributed by atoms with Crippen molar-refractivity contribution < 1.29 is 4.74 Å². The molecule has 2 aliphatic heterocycles. The van der Waals surface area contributed by atoms with Gasteiger partial charge in [0.15, 0.2) is 0 Å². The lowest BCUT2D eigenvalue weighted by molar-refractivity contribution is 0.244. The van der Waals surface area contributed by atoms with Crippen molar-refractivity contribution in [3.05, 3.63) is 40.6 Å². The van der Waals surface area contributed by atoms with E-state index < -0.39 is 0 Å². The summed E-state index contributed by atoms with van der Waals surface area (Å²) in [6.07, 6.45) is 1.03. The molecule has 0 aliphatic carbocycles. The summed E-state index contributed by atoms with van der Waals surface area (Å²) in [6, 6.07) is 6.97. The van der Waals surface area contributed by atoms with E-state index in [2.05, 4.69) is 52.5 Å². The monoisotopic (exact) mass is 326 g/mol. The minimum absolute atomic E-state index is 0.383. The highest BCUT2D eigenvalue weighted by atomic mass is 16.5. The van der Waals surface area contributed by atoms with Crippen LogP contribution in [0.25, 0.3) is 0 Å². The average molecular weight is 326 g/mol. The Morgan fingerprint density at radius 1 is 1.29 bits per heavy atom. The number of aromatic nitrogens is 2. The number of aryl methyl sites for hydroxylation is 3. The molecule has 3 heterocycles. The third kappa shape index (κ3) is 2.88. The zero-order valence-corrected chi connectivity index (χ0v) is 14.7. The molecule has 0 saturated heterocycles. The molecular weight excluding hydrogens is 300 g/mol. The van der Waals surface area contributed by atoms with Gasteiger partial charge in [-0.3, -0.25) is 0 Å². The summed E-state index contributed by atoms with van der Waals surface area (Å²) in [5, 5.41) is 11.8. The molecule has 0 bridgehead atoms. The van der Waals surface area contributed by atoms with Gasteiger partial charge in [-0.15, -0.1) is 0 Å². The van der Waals surface area contributed by atoms with E-state index in [1.165, 1.54) is 16.7 Å². The summed E-state index contributed by atoms with van der Waals surface area (Å²) in [4.78, 5) is 0. The molecule has 2 unspecified atom stereocenters. The van der Waals surface area contributed by atoms with Crippen LogP contribution in [0.2, 0.25) is 0 Å². The minimum Gasteiger partial charge on any atom is -0.493 e. The highest BCUT2D eigenvalue weighted by Gasteiger charge is 2.25. The number of nitrogens with one attached hydrogen (secondary N) is 2. The molecule has 0 saturated carbocycles. The quantitative estimate of drug-likeness (QED) is 0.910. The van der Waals surface area contributed by atoms with Crippen LogP contribution in [0, 0.1) is 26.7 Å². The average Bonchev–Trinajstić information content (AvgIpc) is 2.92. The van der Waals surface area contributed by atoms with Gasteiger partial charge in [0.2, 0.25) is 0 Å². The second-order valence-electron chi connectivity index (χ2n) is 7.20. The van der Waals surface area contributed by atoms with Crippen molar-refractivity contribution in [1.29, 1.82) is 0 Å². The van der Waals surface area contributed by atoms with Crippen LogP contribution in [0.15, 0.2) is 18.2 Å². The smallest absolute Gasteiger partial charge is 0.126 e.